The maximum atomic E-state index is 5.76. The van der Waals surface area contributed by atoms with E-state index in [0.29, 0.717) is 16.1 Å². The first kappa shape index (κ1) is 11.7. The molecule has 0 atom stereocenters. The molecule has 0 bridgehead atoms. The summed E-state index contributed by atoms with van der Waals surface area (Å²) in [7, 11) is 0. The lowest BCUT2D eigenvalue weighted by Crippen LogP contribution is -1.92. The fourth-order valence-electron chi connectivity index (χ4n) is 0.933. The Bertz CT molecular complexity index is 295. The Labute approximate surface area is 102 Å². The molecule has 0 saturated heterocycles. The van der Waals surface area contributed by atoms with Crippen LogP contribution in [0.3, 0.4) is 0 Å². The number of hydrogen-bond acceptors (Lipinski definition) is 0. The van der Waals surface area contributed by atoms with Gasteiger partial charge in [-0.1, -0.05) is 17.7 Å². The zero-order chi connectivity index (χ0) is 10.0. The smallest absolute Gasteiger partial charge is 0.100 e. The summed E-state index contributed by atoms with van der Waals surface area (Å²) in [5.74, 6) is 0. The number of halogens is 5. The van der Waals surface area contributed by atoms with Gasteiger partial charge < -0.3 is 0 Å². The molecule has 0 aliphatic carbocycles. The van der Waals surface area contributed by atoms with Crippen LogP contribution in [-0.4, -0.2) is 0 Å². The van der Waals surface area contributed by atoms with Crippen LogP contribution in [0.5, 0.6) is 0 Å². The minimum absolute atomic E-state index is 0.555. The van der Waals surface area contributed by atoms with Gasteiger partial charge in [-0.05, 0) is 23.3 Å². The standard InChI is InChI=1S/C8H5Cl5/c9-4-1-2-5(7(10)11)6(3-4)8(12)13/h1-3,7-8H. The predicted molar refractivity (Wildman–Crippen MR) is 60.3 cm³/mol. The molecular formula is C8H5Cl5. The molecular weight excluding hydrogens is 273 g/mol. The largest absolute Gasteiger partial charge is 0.133 e. The average molecular weight is 278 g/mol. The minimum Gasteiger partial charge on any atom is -0.100 e. The lowest BCUT2D eigenvalue weighted by molar-refractivity contribution is 1.22. The first-order valence-electron chi connectivity index (χ1n) is 3.38. The Hall–Kier alpha value is 0.670. The summed E-state index contributed by atoms with van der Waals surface area (Å²) in [5.41, 5.74) is 1.33. The number of alkyl halides is 4. The van der Waals surface area contributed by atoms with Gasteiger partial charge in [0.1, 0.15) is 9.67 Å². The third kappa shape index (κ3) is 3.07. The fraction of sp³-hybridized carbons (Fsp3) is 0.250. The summed E-state index contributed by atoms with van der Waals surface area (Å²) >= 11 is 28.6. The summed E-state index contributed by atoms with van der Waals surface area (Å²) in [4.78, 5) is -1.32. The highest BCUT2D eigenvalue weighted by molar-refractivity contribution is 6.46. The Morgan fingerprint density at radius 1 is 0.846 bits per heavy atom. The zero-order valence-corrected chi connectivity index (χ0v) is 10.1. The van der Waals surface area contributed by atoms with E-state index in [4.69, 9.17) is 58.0 Å². The number of benzene rings is 1. The van der Waals surface area contributed by atoms with Gasteiger partial charge in [-0.3, -0.25) is 0 Å². The first-order valence-corrected chi connectivity index (χ1v) is 5.50. The first-order chi connectivity index (χ1) is 6.02. The van der Waals surface area contributed by atoms with Crippen molar-refractivity contribution in [2.75, 3.05) is 0 Å². The van der Waals surface area contributed by atoms with E-state index < -0.39 is 9.67 Å². The average Bonchev–Trinajstić information content (AvgIpc) is 2.03. The quantitative estimate of drug-likeness (QED) is 0.645. The highest BCUT2D eigenvalue weighted by atomic mass is 35.5. The third-order valence-corrected chi connectivity index (χ3v) is 2.69. The minimum atomic E-state index is -0.673. The van der Waals surface area contributed by atoms with Crippen LogP contribution in [0.2, 0.25) is 5.02 Å². The lowest BCUT2D eigenvalue weighted by atomic mass is 10.1. The molecule has 0 heterocycles. The molecule has 0 aromatic heterocycles. The van der Waals surface area contributed by atoms with Crippen molar-refractivity contribution in [1.29, 1.82) is 0 Å². The number of rotatable bonds is 2. The molecule has 0 aliphatic rings. The van der Waals surface area contributed by atoms with Crippen LogP contribution < -0.4 is 0 Å². The molecule has 0 aliphatic heterocycles. The van der Waals surface area contributed by atoms with E-state index in [0.717, 1.165) is 0 Å². The predicted octanol–water partition coefficient (Wildman–Crippen LogP) is 5.29. The maximum absolute atomic E-state index is 5.76. The summed E-state index contributed by atoms with van der Waals surface area (Å²) in [6.07, 6.45) is 0. The van der Waals surface area contributed by atoms with E-state index in [9.17, 15) is 0 Å². The van der Waals surface area contributed by atoms with Gasteiger partial charge in [0.2, 0.25) is 0 Å². The summed E-state index contributed by atoms with van der Waals surface area (Å²) < 4.78 is 0. The van der Waals surface area contributed by atoms with Crippen LogP contribution in [0.1, 0.15) is 20.8 Å². The molecule has 1 aromatic rings. The van der Waals surface area contributed by atoms with Gasteiger partial charge in [0.05, 0.1) is 0 Å². The SMILES string of the molecule is Clc1ccc(C(Cl)Cl)c(C(Cl)Cl)c1. The molecule has 0 radical (unpaired) electrons. The van der Waals surface area contributed by atoms with Crippen LogP contribution >= 0.6 is 58.0 Å². The molecule has 0 unspecified atom stereocenters. The molecule has 0 amide bonds. The molecule has 0 spiro atoms. The van der Waals surface area contributed by atoms with Crippen LogP contribution in [0.15, 0.2) is 18.2 Å². The second-order valence-corrected chi connectivity index (χ2v) is 5.00. The van der Waals surface area contributed by atoms with Crippen molar-refractivity contribution >= 4 is 58.0 Å². The van der Waals surface area contributed by atoms with Gasteiger partial charge in [0.15, 0.2) is 0 Å². The molecule has 5 heteroatoms. The second-order valence-electron chi connectivity index (χ2n) is 2.37. The monoisotopic (exact) mass is 276 g/mol. The highest BCUT2D eigenvalue weighted by Crippen LogP contribution is 2.36. The molecule has 0 saturated carbocycles. The normalized spacial score (nSPS) is 11.3. The zero-order valence-electron chi connectivity index (χ0n) is 6.28. The Morgan fingerprint density at radius 3 is 1.85 bits per heavy atom. The maximum Gasteiger partial charge on any atom is 0.133 e. The Balaban J connectivity index is 3.19. The Morgan fingerprint density at radius 2 is 1.38 bits per heavy atom. The van der Waals surface area contributed by atoms with Crippen LogP contribution in [0.4, 0.5) is 0 Å². The van der Waals surface area contributed by atoms with E-state index in [1.807, 2.05) is 0 Å². The fourth-order valence-corrected chi connectivity index (χ4v) is 1.89. The summed E-state index contributed by atoms with van der Waals surface area (Å²) in [6.45, 7) is 0. The van der Waals surface area contributed by atoms with Crippen LogP contribution in [0, 0.1) is 0 Å². The molecule has 0 nitrogen and oxygen atoms in total. The summed E-state index contributed by atoms with van der Waals surface area (Å²) in [6, 6.07) is 5.05. The van der Waals surface area contributed by atoms with Crippen molar-refractivity contribution < 1.29 is 0 Å². The van der Waals surface area contributed by atoms with E-state index in [-0.39, 0.29) is 0 Å². The third-order valence-electron chi connectivity index (χ3n) is 1.52. The second kappa shape index (κ2) is 4.95. The van der Waals surface area contributed by atoms with Gasteiger partial charge >= 0.3 is 0 Å². The molecule has 0 N–H and O–H groups in total. The molecule has 1 aromatic carbocycles. The summed E-state index contributed by atoms with van der Waals surface area (Å²) in [5, 5.41) is 0.555. The van der Waals surface area contributed by atoms with E-state index in [1.165, 1.54) is 0 Å². The van der Waals surface area contributed by atoms with Crippen molar-refractivity contribution in [2.24, 2.45) is 0 Å². The lowest BCUT2D eigenvalue weighted by Gasteiger charge is -2.10. The van der Waals surface area contributed by atoms with Crippen molar-refractivity contribution in [3.63, 3.8) is 0 Å². The van der Waals surface area contributed by atoms with Crippen molar-refractivity contribution in [1.82, 2.24) is 0 Å². The molecule has 1 rings (SSSR count). The molecule has 0 fully saturated rings. The van der Waals surface area contributed by atoms with Crippen molar-refractivity contribution in [2.45, 2.75) is 9.67 Å². The van der Waals surface area contributed by atoms with Crippen molar-refractivity contribution in [3.8, 4) is 0 Å². The number of hydrogen-bond donors (Lipinski definition) is 0. The molecule has 72 valence electrons. The van der Waals surface area contributed by atoms with E-state index in [1.54, 1.807) is 18.2 Å². The van der Waals surface area contributed by atoms with Crippen LogP contribution in [-0.2, 0) is 0 Å². The van der Waals surface area contributed by atoms with Gasteiger partial charge in [-0.15, -0.1) is 46.4 Å². The van der Waals surface area contributed by atoms with E-state index >= 15 is 0 Å². The molecule has 13 heavy (non-hydrogen) atoms. The van der Waals surface area contributed by atoms with Gasteiger partial charge in [-0.25, -0.2) is 0 Å². The Kier molecular flexibility index (Phi) is 4.47. The van der Waals surface area contributed by atoms with Gasteiger partial charge in [-0.2, -0.15) is 0 Å². The van der Waals surface area contributed by atoms with Gasteiger partial charge in [0, 0.05) is 5.02 Å². The topological polar surface area (TPSA) is 0 Å². The highest BCUT2D eigenvalue weighted by Gasteiger charge is 2.14. The van der Waals surface area contributed by atoms with E-state index in [2.05, 4.69) is 0 Å². The van der Waals surface area contributed by atoms with Crippen LogP contribution in [0.25, 0.3) is 0 Å². The van der Waals surface area contributed by atoms with Crippen molar-refractivity contribution in [3.05, 3.63) is 34.3 Å². The van der Waals surface area contributed by atoms with Gasteiger partial charge in [0.25, 0.3) is 0 Å².